The Morgan fingerprint density at radius 1 is 0.932 bits per heavy atom. The van der Waals surface area contributed by atoms with Gasteiger partial charge in [0.05, 0.1) is 17.7 Å². The molecule has 1 N–H and O–H groups in total. The van der Waals surface area contributed by atoms with E-state index in [9.17, 15) is 18.0 Å². The molecule has 0 radical (unpaired) electrons. The van der Waals surface area contributed by atoms with Gasteiger partial charge in [0.25, 0.3) is 10.0 Å². The summed E-state index contributed by atoms with van der Waals surface area (Å²) in [5.41, 5.74) is 3.87. The summed E-state index contributed by atoms with van der Waals surface area (Å²) in [5.74, 6) is -0.354. The number of amides is 2. The summed E-state index contributed by atoms with van der Waals surface area (Å²) in [6.45, 7) is 7.25. The molecule has 1 saturated carbocycles. The van der Waals surface area contributed by atoms with Gasteiger partial charge in [0.15, 0.2) is 0 Å². The van der Waals surface area contributed by atoms with Crippen LogP contribution in [0.2, 0.25) is 0 Å². The molecule has 1 atom stereocenters. The van der Waals surface area contributed by atoms with E-state index in [-0.39, 0.29) is 29.1 Å². The molecule has 1 aliphatic carbocycles. The minimum absolute atomic E-state index is 0.0620. The maximum atomic E-state index is 14.5. The van der Waals surface area contributed by atoms with Crippen LogP contribution < -0.4 is 14.4 Å². The van der Waals surface area contributed by atoms with Crippen LogP contribution in [0.5, 0.6) is 5.75 Å². The summed E-state index contributed by atoms with van der Waals surface area (Å²) in [6, 6.07) is 18.8. The summed E-state index contributed by atoms with van der Waals surface area (Å²) in [6.07, 6.45) is 5.52. The first-order valence-corrected chi connectivity index (χ1v) is 16.9. The number of hydrogen-bond acceptors (Lipinski definition) is 5. The van der Waals surface area contributed by atoms with E-state index in [1.807, 2.05) is 58.0 Å². The molecule has 9 heteroatoms. The number of ether oxygens (including phenoxy) is 1. The van der Waals surface area contributed by atoms with Crippen molar-refractivity contribution in [2.24, 2.45) is 0 Å². The lowest BCUT2D eigenvalue weighted by Gasteiger charge is -2.35. The Kier molecular flexibility index (Phi) is 11.1. The van der Waals surface area contributed by atoms with E-state index in [4.69, 9.17) is 4.74 Å². The minimum atomic E-state index is -4.20. The summed E-state index contributed by atoms with van der Waals surface area (Å²) in [7, 11) is -2.73. The molecule has 0 unspecified atom stereocenters. The van der Waals surface area contributed by atoms with Crippen LogP contribution in [0, 0.1) is 20.8 Å². The van der Waals surface area contributed by atoms with E-state index in [0.29, 0.717) is 12.2 Å². The Morgan fingerprint density at radius 3 is 2.23 bits per heavy atom. The molecule has 0 aliphatic heterocycles. The number of benzene rings is 3. The lowest BCUT2D eigenvalue weighted by atomic mass is 9.95. The number of nitrogens with one attached hydrogen (secondary N) is 1. The van der Waals surface area contributed by atoms with Crippen molar-refractivity contribution in [1.82, 2.24) is 10.2 Å². The summed E-state index contributed by atoms with van der Waals surface area (Å²) in [4.78, 5) is 29.8. The largest absolute Gasteiger partial charge is 0.495 e. The van der Waals surface area contributed by atoms with Crippen LogP contribution in [0.4, 0.5) is 5.69 Å². The highest BCUT2D eigenvalue weighted by atomic mass is 32.2. The molecule has 1 aliphatic rings. The molecule has 2 amide bonds. The Hall–Kier alpha value is -3.85. The lowest BCUT2D eigenvalue weighted by molar-refractivity contribution is -0.140. The molecular weight excluding hydrogens is 574 g/mol. The molecule has 0 spiro atoms. The average molecular weight is 620 g/mol. The van der Waals surface area contributed by atoms with Crippen molar-refractivity contribution >= 4 is 27.5 Å². The second kappa shape index (κ2) is 14.8. The second-order valence-electron chi connectivity index (χ2n) is 11.7. The minimum Gasteiger partial charge on any atom is -0.495 e. The quantitative estimate of drug-likeness (QED) is 0.266. The van der Waals surface area contributed by atoms with Crippen molar-refractivity contribution < 1.29 is 22.7 Å². The van der Waals surface area contributed by atoms with Crippen molar-refractivity contribution in [3.63, 3.8) is 0 Å². The van der Waals surface area contributed by atoms with Crippen molar-refractivity contribution in [3.8, 4) is 5.75 Å². The Balaban J connectivity index is 1.77. The Labute approximate surface area is 262 Å². The molecule has 3 aromatic carbocycles. The predicted octanol–water partition coefficient (Wildman–Crippen LogP) is 6.07. The first kappa shape index (κ1) is 33.1. The Bertz CT molecular complexity index is 1550. The predicted molar refractivity (Wildman–Crippen MR) is 174 cm³/mol. The number of rotatable bonds is 12. The molecule has 3 aromatic rings. The van der Waals surface area contributed by atoms with E-state index in [1.54, 1.807) is 41.3 Å². The van der Waals surface area contributed by atoms with Crippen LogP contribution >= 0.6 is 0 Å². The number of methoxy groups -OCH3 is 1. The van der Waals surface area contributed by atoms with Gasteiger partial charge in [-0.3, -0.25) is 13.9 Å². The molecule has 0 aromatic heterocycles. The van der Waals surface area contributed by atoms with Crippen molar-refractivity contribution in [3.05, 3.63) is 89.0 Å². The van der Waals surface area contributed by atoms with Gasteiger partial charge in [-0.1, -0.05) is 74.2 Å². The Morgan fingerprint density at radius 2 is 1.59 bits per heavy atom. The fraction of sp³-hybridized carbons (Fsp3) is 0.429. The van der Waals surface area contributed by atoms with Gasteiger partial charge < -0.3 is 15.0 Å². The van der Waals surface area contributed by atoms with Crippen LogP contribution in [0.1, 0.15) is 67.7 Å². The number of carbonyl (C=O) groups excluding carboxylic acids is 2. The van der Waals surface area contributed by atoms with Crippen molar-refractivity contribution in [1.29, 1.82) is 0 Å². The lowest BCUT2D eigenvalue weighted by Crippen LogP contribution is -2.54. The summed E-state index contributed by atoms with van der Waals surface area (Å²) >= 11 is 0. The standard InChI is InChI=1S/C35H45N3O5S/c1-6-31(35(40)36-29-14-8-7-9-15-29)37(23-28-13-11-10-12-27(28)4)34(39)24-38(32-22-26(3)18-21-33(32)43-5)44(41,42)30-19-16-25(2)17-20-30/h10-13,16-22,29,31H,6-9,14-15,23-24H2,1-5H3,(H,36,40)/t31-/m0/s1. The van der Waals surface area contributed by atoms with Crippen LogP contribution in [0.15, 0.2) is 71.6 Å². The number of anilines is 1. The normalized spacial score (nSPS) is 14.5. The third-order valence-corrected chi connectivity index (χ3v) is 10.2. The maximum Gasteiger partial charge on any atom is 0.264 e. The molecule has 236 valence electrons. The van der Waals surface area contributed by atoms with Crippen LogP contribution in [0.25, 0.3) is 0 Å². The highest BCUT2D eigenvalue weighted by molar-refractivity contribution is 7.92. The molecule has 0 bridgehead atoms. The monoisotopic (exact) mass is 619 g/mol. The SMILES string of the molecule is CC[C@@H](C(=O)NC1CCCCC1)N(Cc1ccccc1C)C(=O)CN(c1cc(C)ccc1OC)S(=O)(=O)c1ccc(C)cc1. The molecule has 44 heavy (non-hydrogen) atoms. The van der Waals surface area contributed by atoms with Gasteiger partial charge in [-0.15, -0.1) is 0 Å². The molecule has 1 fully saturated rings. The number of carbonyl (C=O) groups is 2. The van der Waals surface area contributed by atoms with E-state index in [2.05, 4.69) is 5.32 Å². The molecule has 4 rings (SSSR count). The van der Waals surface area contributed by atoms with Crippen LogP contribution in [-0.4, -0.2) is 50.9 Å². The van der Waals surface area contributed by atoms with Crippen molar-refractivity contribution in [2.45, 2.75) is 89.7 Å². The number of hydrogen-bond donors (Lipinski definition) is 1. The zero-order valence-corrected chi connectivity index (χ0v) is 27.3. The molecule has 8 nitrogen and oxygen atoms in total. The van der Waals surface area contributed by atoms with E-state index < -0.39 is 28.5 Å². The van der Waals surface area contributed by atoms with E-state index in [1.165, 1.54) is 7.11 Å². The number of nitrogens with zero attached hydrogens (tertiary/aromatic N) is 2. The highest BCUT2D eigenvalue weighted by Crippen LogP contribution is 2.34. The zero-order valence-electron chi connectivity index (χ0n) is 26.5. The average Bonchev–Trinajstić information content (AvgIpc) is 3.01. The highest BCUT2D eigenvalue weighted by Gasteiger charge is 2.35. The molecule has 0 saturated heterocycles. The first-order valence-electron chi connectivity index (χ1n) is 15.4. The van der Waals surface area contributed by atoms with Gasteiger partial charge in [-0.2, -0.15) is 0 Å². The van der Waals surface area contributed by atoms with Gasteiger partial charge in [0, 0.05) is 12.6 Å². The summed E-state index contributed by atoms with van der Waals surface area (Å²) in [5, 5.41) is 3.19. The van der Waals surface area contributed by atoms with E-state index in [0.717, 1.165) is 58.7 Å². The fourth-order valence-corrected chi connectivity index (χ4v) is 7.20. The summed E-state index contributed by atoms with van der Waals surface area (Å²) < 4.78 is 35.2. The second-order valence-corrected chi connectivity index (χ2v) is 13.6. The van der Waals surface area contributed by atoms with Crippen molar-refractivity contribution in [2.75, 3.05) is 18.0 Å². The third-order valence-electron chi connectivity index (χ3n) is 8.43. The molecular formula is C35H45N3O5S. The smallest absolute Gasteiger partial charge is 0.264 e. The van der Waals surface area contributed by atoms with Gasteiger partial charge in [-0.25, -0.2) is 8.42 Å². The van der Waals surface area contributed by atoms with Gasteiger partial charge >= 0.3 is 0 Å². The zero-order chi connectivity index (χ0) is 31.9. The van der Waals surface area contributed by atoms with Crippen LogP contribution in [0.3, 0.4) is 0 Å². The third kappa shape index (κ3) is 7.80. The fourth-order valence-electron chi connectivity index (χ4n) is 5.78. The molecule has 0 heterocycles. The number of sulfonamides is 1. The van der Waals surface area contributed by atoms with E-state index >= 15 is 0 Å². The van der Waals surface area contributed by atoms with Gasteiger partial charge in [-0.05, 0) is 81.0 Å². The number of aryl methyl sites for hydroxylation is 3. The maximum absolute atomic E-state index is 14.5. The van der Waals surface area contributed by atoms with Gasteiger partial charge in [0.2, 0.25) is 11.8 Å². The topological polar surface area (TPSA) is 96.0 Å². The van der Waals surface area contributed by atoms with Gasteiger partial charge in [0.1, 0.15) is 18.3 Å². The van der Waals surface area contributed by atoms with Crippen LogP contribution in [-0.2, 0) is 26.2 Å². The first-order chi connectivity index (χ1) is 21.0.